The molecule has 124 valence electrons. The lowest BCUT2D eigenvalue weighted by molar-refractivity contribution is 0.383. The second kappa shape index (κ2) is 5.30. The van der Waals surface area contributed by atoms with Crippen molar-refractivity contribution in [3.05, 3.63) is 54.4 Å². The van der Waals surface area contributed by atoms with E-state index >= 15 is 0 Å². The maximum absolute atomic E-state index is 2.49. The summed E-state index contributed by atoms with van der Waals surface area (Å²) in [6, 6.07) is 13.7. The molecule has 0 N–H and O–H groups in total. The molecule has 24 heavy (non-hydrogen) atoms. The Morgan fingerprint density at radius 3 is 2.38 bits per heavy atom. The monoisotopic (exact) mass is 319 g/mol. The Hall–Kier alpha value is -2.42. The lowest BCUT2D eigenvalue weighted by Crippen LogP contribution is -2.34. The molecule has 0 radical (unpaired) electrons. The minimum Gasteiger partial charge on any atom is -0.359 e. The first-order valence-electron chi connectivity index (χ1n) is 8.71. The normalized spacial score (nSPS) is 17.8. The van der Waals surface area contributed by atoms with Crippen LogP contribution in [-0.4, -0.2) is 22.7 Å². The average molecular weight is 319 g/mol. The van der Waals surface area contributed by atoms with Crippen LogP contribution < -0.4 is 4.90 Å². The van der Waals surface area contributed by atoms with Crippen molar-refractivity contribution in [1.29, 1.82) is 0 Å². The molecule has 1 aromatic heterocycles. The number of anilines is 1. The molecule has 0 aliphatic carbocycles. The van der Waals surface area contributed by atoms with Gasteiger partial charge >= 0.3 is 0 Å². The van der Waals surface area contributed by atoms with Crippen LogP contribution in [0.5, 0.6) is 0 Å². The van der Waals surface area contributed by atoms with Crippen molar-refractivity contribution in [3.63, 3.8) is 0 Å². The van der Waals surface area contributed by atoms with Crippen LogP contribution in [0.2, 0.25) is 0 Å². The average Bonchev–Trinajstić information content (AvgIpc) is 3.06. The fourth-order valence-corrected chi connectivity index (χ4v) is 3.92. The molecule has 2 heterocycles. The number of aromatic nitrogens is 1. The van der Waals surface area contributed by atoms with Gasteiger partial charge in [-0.3, -0.25) is 0 Å². The predicted octanol–water partition coefficient (Wildman–Crippen LogP) is 5.25. The molecule has 1 aliphatic rings. The van der Waals surface area contributed by atoms with E-state index in [1.807, 2.05) is 0 Å². The van der Waals surface area contributed by atoms with Crippen molar-refractivity contribution in [2.24, 2.45) is 0 Å². The van der Waals surface area contributed by atoms with Gasteiger partial charge in [0.1, 0.15) is 6.17 Å². The van der Waals surface area contributed by atoms with Gasteiger partial charge in [-0.2, -0.15) is 0 Å². The number of fused-ring (bicyclic) bond motifs is 3. The number of rotatable bonds is 2. The number of aryl methyl sites for hydroxylation is 1. The second-order valence-electron chi connectivity index (χ2n) is 7.11. The second-order valence-corrected chi connectivity index (χ2v) is 7.11. The van der Waals surface area contributed by atoms with Gasteiger partial charge in [0.15, 0.2) is 0 Å². The van der Waals surface area contributed by atoms with Gasteiger partial charge in [0, 0.05) is 41.8 Å². The fraction of sp³-hybridized carbons (Fsp3) is 0.333. The number of nitrogens with zero attached hydrogens (tertiary/aromatic N) is 3. The van der Waals surface area contributed by atoms with Gasteiger partial charge in [-0.25, -0.2) is 0 Å². The Kier molecular flexibility index (Phi) is 3.34. The zero-order valence-electron chi connectivity index (χ0n) is 15.1. The van der Waals surface area contributed by atoms with Crippen LogP contribution in [0.3, 0.4) is 0 Å². The first-order valence-corrected chi connectivity index (χ1v) is 8.71. The summed E-state index contributed by atoms with van der Waals surface area (Å²) in [6.07, 6.45) is 4.69. The van der Waals surface area contributed by atoms with Crippen LogP contribution >= 0.6 is 0 Å². The smallest absolute Gasteiger partial charge is 0.102 e. The molecule has 0 amide bonds. The molecule has 0 spiro atoms. The topological polar surface area (TPSA) is 11.4 Å². The molecule has 2 aromatic carbocycles. The fourth-order valence-electron chi connectivity index (χ4n) is 3.92. The van der Waals surface area contributed by atoms with Gasteiger partial charge < -0.3 is 14.4 Å². The van der Waals surface area contributed by atoms with Gasteiger partial charge in [0.25, 0.3) is 0 Å². The molecule has 0 saturated carbocycles. The molecule has 0 saturated heterocycles. The molecule has 3 heteroatoms. The molecule has 1 atom stereocenters. The first-order chi connectivity index (χ1) is 11.5. The van der Waals surface area contributed by atoms with E-state index in [1.165, 1.54) is 33.1 Å². The van der Waals surface area contributed by atoms with Crippen LogP contribution in [0.1, 0.15) is 32.4 Å². The highest BCUT2D eigenvalue weighted by atomic mass is 15.4. The number of benzene rings is 2. The lowest BCUT2D eigenvalue weighted by Gasteiger charge is -2.30. The van der Waals surface area contributed by atoms with E-state index in [0.717, 1.165) is 0 Å². The first kappa shape index (κ1) is 15.1. The molecule has 4 rings (SSSR count). The Morgan fingerprint density at radius 1 is 0.958 bits per heavy atom. The van der Waals surface area contributed by atoms with Crippen molar-refractivity contribution >= 4 is 27.5 Å². The van der Waals surface area contributed by atoms with E-state index in [1.54, 1.807) is 0 Å². The van der Waals surface area contributed by atoms with Crippen LogP contribution in [0, 0.1) is 6.92 Å². The van der Waals surface area contributed by atoms with Crippen molar-refractivity contribution in [1.82, 2.24) is 9.47 Å². The third kappa shape index (κ3) is 1.97. The summed E-state index contributed by atoms with van der Waals surface area (Å²) in [6.45, 7) is 9.01. The van der Waals surface area contributed by atoms with Crippen molar-refractivity contribution < 1.29 is 0 Å². The Balaban J connectivity index is 2.14. The van der Waals surface area contributed by atoms with E-state index in [9.17, 15) is 0 Å². The summed E-state index contributed by atoms with van der Waals surface area (Å²) in [7, 11) is 2.13. The van der Waals surface area contributed by atoms with E-state index in [-0.39, 0.29) is 0 Å². The highest BCUT2D eigenvalue weighted by Gasteiger charge is 2.26. The van der Waals surface area contributed by atoms with E-state index < -0.39 is 0 Å². The summed E-state index contributed by atoms with van der Waals surface area (Å²) in [4.78, 5) is 4.65. The van der Waals surface area contributed by atoms with Gasteiger partial charge in [-0.05, 0) is 39.3 Å². The van der Waals surface area contributed by atoms with Gasteiger partial charge in [-0.1, -0.05) is 30.3 Å². The molecule has 0 unspecified atom stereocenters. The summed E-state index contributed by atoms with van der Waals surface area (Å²) in [5.41, 5.74) is 5.31. The molecular formula is C21H25N3. The number of hydrogen-bond acceptors (Lipinski definition) is 2. The maximum atomic E-state index is 2.49. The summed E-state index contributed by atoms with van der Waals surface area (Å²) in [5.74, 6) is 0. The predicted molar refractivity (Wildman–Crippen MR) is 103 cm³/mol. The van der Waals surface area contributed by atoms with E-state index in [4.69, 9.17) is 0 Å². The number of para-hydroxylation sites is 1. The zero-order valence-corrected chi connectivity index (χ0v) is 15.1. The quantitative estimate of drug-likeness (QED) is 0.639. The van der Waals surface area contributed by atoms with Crippen LogP contribution in [0.25, 0.3) is 21.8 Å². The highest BCUT2D eigenvalue weighted by Crippen LogP contribution is 2.41. The lowest BCUT2D eigenvalue weighted by atomic mass is 10.1. The Morgan fingerprint density at radius 2 is 1.71 bits per heavy atom. The Bertz CT molecular complexity index is 949. The molecular weight excluding hydrogens is 294 g/mol. The summed E-state index contributed by atoms with van der Waals surface area (Å²) in [5, 5.41) is 2.68. The minimum atomic E-state index is 0.327. The standard InChI is InChI=1S/C21H25N3/c1-14(2)24-19-9-7-6-8-17(19)18-11-10-15(3)20(21(18)24)23-13-12-22(5)16(23)4/h6-14,16H,1-5H3/t16-/m0/s1. The molecule has 1 aliphatic heterocycles. The van der Waals surface area contributed by atoms with Crippen LogP contribution in [0.4, 0.5) is 5.69 Å². The maximum Gasteiger partial charge on any atom is 0.102 e. The molecule has 3 nitrogen and oxygen atoms in total. The van der Waals surface area contributed by atoms with Crippen LogP contribution in [0.15, 0.2) is 48.8 Å². The van der Waals surface area contributed by atoms with Crippen LogP contribution in [-0.2, 0) is 0 Å². The molecule has 0 bridgehead atoms. The third-order valence-electron chi connectivity index (χ3n) is 5.28. The van der Waals surface area contributed by atoms with Gasteiger partial charge in [-0.15, -0.1) is 0 Å². The van der Waals surface area contributed by atoms with E-state index in [0.29, 0.717) is 12.2 Å². The Labute approximate surface area is 143 Å². The summed E-state index contributed by atoms with van der Waals surface area (Å²) < 4.78 is 2.49. The largest absolute Gasteiger partial charge is 0.359 e. The van der Waals surface area contributed by atoms with Gasteiger partial charge in [0.05, 0.1) is 11.2 Å². The molecule has 0 fully saturated rings. The van der Waals surface area contributed by atoms with Crippen molar-refractivity contribution in [2.75, 3.05) is 11.9 Å². The van der Waals surface area contributed by atoms with E-state index in [2.05, 4.69) is 97.9 Å². The zero-order chi connectivity index (χ0) is 17.0. The van der Waals surface area contributed by atoms with Crippen molar-refractivity contribution in [2.45, 2.75) is 39.9 Å². The minimum absolute atomic E-state index is 0.327. The highest BCUT2D eigenvalue weighted by molar-refractivity contribution is 6.13. The molecule has 3 aromatic rings. The SMILES string of the molecule is Cc1ccc2c3ccccc3n(C(C)C)c2c1N1C=CN(C)[C@@H]1C. The number of hydrogen-bond donors (Lipinski definition) is 0. The van der Waals surface area contributed by atoms with Gasteiger partial charge in [0.2, 0.25) is 0 Å². The summed E-state index contributed by atoms with van der Waals surface area (Å²) >= 11 is 0. The third-order valence-corrected chi connectivity index (χ3v) is 5.28. The van der Waals surface area contributed by atoms with Crippen molar-refractivity contribution in [3.8, 4) is 0 Å².